The van der Waals surface area contributed by atoms with Gasteiger partial charge in [0.25, 0.3) is 0 Å². The van der Waals surface area contributed by atoms with Gasteiger partial charge in [-0.1, -0.05) is 0 Å². The van der Waals surface area contributed by atoms with E-state index in [1.54, 1.807) is 19.3 Å². The van der Waals surface area contributed by atoms with Crippen LogP contribution in [0.3, 0.4) is 0 Å². The summed E-state index contributed by atoms with van der Waals surface area (Å²) in [6, 6.07) is 0.734. The molecule has 120 valence electrons. The average Bonchev–Trinajstić information content (AvgIpc) is 2.95. The Morgan fingerprint density at radius 3 is 2.33 bits per heavy atom. The molecule has 0 amide bonds. The van der Waals surface area contributed by atoms with Gasteiger partial charge in [-0.2, -0.15) is 11.8 Å². The second-order valence-corrected chi connectivity index (χ2v) is 9.37. The molecule has 0 aromatic rings. The normalized spacial score (nSPS) is 46.1. The average molecular weight is 310 g/mol. The van der Waals surface area contributed by atoms with Crippen LogP contribution >= 0.6 is 11.8 Å². The summed E-state index contributed by atoms with van der Waals surface area (Å²) in [5, 5.41) is 3.72. The van der Waals surface area contributed by atoms with Gasteiger partial charge in [0, 0.05) is 24.2 Å². The molecular weight excluding hydrogens is 278 g/mol. The van der Waals surface area contributed by atoms with E-state index in [0.717, 1.165) is 30.4 Å². The molecule has 1 N–H and O–H groups in total. The van der Waals surface area contributed by atoms with E-state index in [1.807, 2.05) is 0 Å². The van der Waals surface area contributed by atoms with Crippen LogP contribution in [-0.4, -0.2) is 37.3 Å². The van der Waals surface area contributed by atoms with Crippen LogP contribution in [0, 0.1) is 23.2 Å². The van der Waals surface area contributed by atoms with Crippen molar-refractivity contribution < 1.29 is 4.74 Å². The highest BCUT2D eigenvalue weighted by atomic mass is 32.2. The Labute approximate surface area is 134 Å². The molecule has 3 heteroatoms. The van der Waals surface area contributed by atoms with E-state index in [1.165, 1.54) is 43.6 Å². The molecular formula is C18H31NOS. The zero-order valence-electron chi connectivity index (χ0n) is 13.5. The quantitative estimate of drug-likeness (QED) is 0.808. The van der Waals surface area contributed by atoms with Gasteiger partial charge in [0.05, 0.1) is 6.10 Å². The first-order chi connectivity index (χ1) is 10.3. The lowest BCUT2D eigenvalue weighted by Gasteiger charge is -2.59. The lowest BCUT2D eigenvalue weighted by Crippen LogP contribution is -2.56. The van der Waals surface area contributed by atoms with Crippen molar-refractivity contribution in [2.45, 2.75) is 63.5 Å². The Morgan fingerprint density at radius 1 is 1.14 bits per heavy atom. The summed E-state index contributed by atoms with van der Waals surface area (Å²) in [5.41, 5.74) is 0.646. The van der Waals surface area contributed by atoms with Crippen LogP contribution in [0.4, 0.5) is 0 Å². The Hall–Kier alpha value is 0.270. The molecule has 5 rings (SSSR count). The maximum absolute atomic E-state index is 5.78. The monoisotopic (exact) mass is 309 g/mol. The van der Waals surface area contributed by atoms with Gasteiger partial charge in [0.2, 0.25) is 0 Å². The van der Waals surface area contributed by atoms with E-state index in [4.69, 9.17) is 4.74 Å². The van der Waals surface area contributed by atoms with Gasteiger partial charge >= 0.3 is 0 Å². The molecule has 2 unspecified atom stereocenters. The highest BCUT2D eigenvalue weighted by Gasteiger charge is 2.53. The molecule has 1 saturated heterocycles. The predicted octanol–water partition coefficient (Wildman–Crippen LogP) is 3.70. The lowest BCUT2D eigenvalue weighted by atomic mass is 9.48. The van der Waals surface area contributed by atoms with Crippen LogP contribution < -0.4 is 5.32 Å². The van der Waals surface area contributed by atoms with Crippen LogP contribution in [0.15, 0.2) is 0 Å². The van der Waals surface area contributed by atoms with Crippen molar-refractivity contribution in [1.29, 1.82) is 0 Å². The number of rotatable bonds is 6. The first-order valence-electron chi connectivity index (χ1n) is 9.14. The first kappa shape index (κ1) is 14.8. The third-order valence-corrected chi connectivity index (χ3v) is 7.96. The van der Waals surface area contributed by atoms with E-state index >= 15 is 0 Å². The number of hydrogen-bond donors (Lipinski definition) is 1. The fourth-order valence-electron chi connectivity index (χ4n) is 6.26. The van der Waals surface area contributed by atoms with E-state index in [-0.39, 0.29) is 0 Å². The van der Waals surface area contributed by atoms with Crippen molar-refractivity contribution in [1.82, 2.24) is 5.32 Å². The van der Waals surface area contributed by atoms with E-state index in [2.05, 4.69) is 24.1 Å². The van der Waals surface area contributed by atoms with Crippen LogP contribution in [-0.2, 0) is 4.74 Å². The van der Waals surface area contributed by atoms with E-state index < -0.39 is 0 Å². The van der Waals surface area contributed by atoms with Crippen LogP contribution in [0.2, 0.25) is 0 Å². The lowest BCUT2D eigenvalue weighted by molar-refractivity contribution is -0.0682. The molecule has 0 aromatic carbocycles. The molecule has 2 atom stereocenters. The number of ether oxygens (including phenoxy) is 1. The summed E-state index contributed by atoms with van der Waals surface area (Å²) >= 11 is 2.14. The number of hydrogen-bond acceptors (Lipinski definition) is 3. The smallest absolute Gasteiger partial charge is 0.0666 e. The fourth-order valence-corrected chi connectivity index (χ4v) is 7.68. The Kier molecular flexibility index (Phi) is 4.27. The minimum Gasteiger partial charge on any atom is -0.377 e. The van der Waals surface area contributed by atoms with Crippen molar-refractivity contribution in [2.24, 2.45) is 23.2 Å². The van der Waals surface area contributed by atoms with Gasteiger partial charge in [-0.15, -0.1) is 0 Å². The topological polar surface area (TPSA) is 21.3 Å². The Bertz CT molecular complexity index is 331. The molecule has 4 aliphatic carbocycles. The summed E-state index contributed by atoms with van der Waals surface area (Å²) in [7, 11) is 2.20. The summed E-state index contributed by atoms with van der Waals surface area (Å²) < 4.78 is 5.78. The third-order valence-electron chi connectivity index (χ3n) is 6.79. The summed E-state index contributed by atoms with van der Waals surface area (Å²) in [5.74, 6) is 5.70. The van der Waals surface area contributed by atoms with Gasteiger partial charge in [0.15, 0.2) is 0 Å². The molecule has 0 spiro atoms. The predicted molar refractivity (Wildman–Crippen MR) is 89.8 cm³/mol. The van der Waals surface area contributed by atoms with Crippen molar-refractivity contribution >= 4 is 11.8 Å². The molecule has 1 aliphatic heterocycles. The zero-order chi connectivity index (χ0) is 14.3. The Morgan fingerprint density at radius 2 is 1.81 bits per heavy atom. The third kappa shape index (κ3) is 2.90. The number of thioether (sulfide) groups is 1. The van der Waals surface area contributed by atoms with Crippen molar-refractivity contribution in [3.8, 4) is 0 Å². The molecule has 2 nitrogen and oxygen atoms in total. The summed E-state index contributed by atoms with van der Waals surface area (Å²) in [6.07, 6.45) is 12.3. The van der Waals surface area contributed by atoms with Gasteiger partial charge in [0.1, 0.15) is 0 Å². The first-order valence-corrected chi connectivity index (χ1v) is 10.3. The maximum atomic E-state index is 5.78. The fraction of sp³-hybridized carbons (Fsp3) is 1.00. The number of nitrogens with one attached hydrogen (secondary N) is 1. The summed E-state index contributed by atoms with van der Waals surface area (Å²) in [6.45, 7) is 0.996. The van der Waals surface area contributed by atoms with Gasteiger partial charge < -0.3 is 10.1 Å². The molecule has 0 radical (unpaired) electrons. The minimum absolute atomic E-state index is 0.545. The van der Waals surface area contributed by atoms with Crippen LogP contribution in [0.25, 0.3) is 0 Å². The van der Waals surface area contributed by atoms with Gasteiger partial charge in [-0.25, -0.2) is 0 Å². The maximum Gasteiger partial charge on any atom is 0.0666 e. The molecule has 0 aromatic heterocycles. The largest absolute Gasteiger partial charge is 0.377 e. The molecule has 4 bridgehead atoms. The SMILES string of the molecule is CNC(CSCC1CCCO1)C12CC3CC(CC(C3)C1)C2. The van der Waals surface area contributed by atoms with Gasteiger partial charge in [-0.05, 0) is 81.6 Å². The van der Waals surface area contributed by atoms with Crippen molar-refractivity contribution in [3.05, 3.63) is 0 Å². The molecule has 5 fully saturated rings. The minimum atomic E-state index is 0.545. The Balaban J connectivity index is 1.36. The molecule has 4 saturated carbocycles. The van der Waals surface area contributed by atoms with Crippen LogP contribution in [0.5, 0.6) is 0 Å². The van der Waals surface area contributed by atoms with Crippen LogP contribution in [0.1, 0.15) is 51.4 Å². The van der Waals surface area contributed by atoms with E-state index in [0.29, 0.717) is 11.5 Å². The summed E-state index contributed by atoms with van der Waals surface area (Å²) in [4.78, 5) is 0. The second-order valence-electron chi connectivity index (χ2n) is 8.29. The van der Waals surface area contributed by atoms with E-state index in [9.17, 15) is 0 Å². The molecule has 21 heavy (non-hydrogen) atoms. The highest BCUT2D eigenvalue weighted by Crippen LogP contribution is 2.61. The highest BCUT2D eigenvalue weighted by molar-refractivity contribution is 7.99. The zero-order valence-corrected chi connectivity index (χ0v) is 14.3. The second kappa shape index (κ2) is 6.05. The van der Waals surface area contributed by atoms with Crippen molar-refractivity contribution in [2.75, 3.05) is 25.2 Å². The van der Waals surface area contributed by atoms with Crippen molar-refractivity contribution in [3.63, 3.8) is 0 Å². The molecule has 5 aliphatic rings. The molecule has 1 heterocycles. The van der Waals surface area contributed by atoms with Gasteiger partial charge in [-0.3, -0.25) is 0 Å². The standard InChI is InChI=1S/C18H31NOS/c1-19-17(12-21-11-16-3-2-4-20-16)18-8-13-5-14(9-18)7-15(6-13)10-18/h13-17,19H,2-12H2,1H3.